The number of piperidine rings is 1. The second-order valence-corrected chi connectivity index (χ2v) is 7.11. The molecule has 150 valence electrons. The molecule has 5 nitrogen and oxygen atoms in total. The van der Waals surface area contributed by atoms with Gasteiger partial charge >= 0.3 is 0 Å². The second-order valence-electron chi connectivity index (χ2n) is 7.11. The van der Waals surface area contributed by atoms with Gasteiger partial charge in [-0.3, -0.25) is 4.99 Å². The van der Waals surface area contributed by atoms with Gasteiger partial charge in [0.15, 0.2) is 5.96 Å². The van der Waals surface area contributed by atoms with Crippen molar-refractivity contribution in [2.75, 3.05) is 33.2 Å². The lowest BCUT2D eigenvalue weighted by Crippen LogP contribution is -2.49. The molecule has 0 aliphatic carbocycles. The summed E-state index contributed by atoms with van der Waals surface area (Å²) in [5.74, 6) is 1.91. The molecule has 1 aliphatic heterocycles. The number of benzene rings is 1. The largest absolute Gasteiger partial charge is 0.461 e. The Morgan fingerprint density at radius 2 is 2.04 bits per heavy atom. The summed E-state index contributed by atoms with van der Waals surface area (Å²) in [5.41, 5.74) is 0.958. The van der Waals surface area contributed by atoms with Crippen LogP contribution in [0.15, 0.2) is 39.7 Å². The number of hydrogen-bond acceptors (Lipinski definition) is 3. The number of unbranched alkanes of at least 4 members (excludes halogenated alkanes) is 1. The SMILES string of the molecule is CCCCN1CCC(NC(=NC)NCCc2cc3ccccc3o2)CC1.I. The van der Waals surface area contributed by atoms with Crippen LogP contribution in [0.2, 0.25) is 0 Å². The molecule has 0 saturated carbocycles. The van der Waals surface area contributed by atoms with Crippen molar-refractivity contribution < 1.29 is 4.42 Å². The van der Waals surface area contributed by atoms with Gasteiger partial charge < -0.3 is 20.0 Å². The summed E-state index contributed by atoms with van der Waals surface area (Å²) in [6, 6.07) is 10.8. The van der Waals surface area contributed by atoms with E-state index < -0.39 is 0 Å². The fourth-order valence-corrected chi connectivity index (χ4v) is 3.53. The molecule has 1 fully saturated rings. The number of nitrogens with one attached hydrogen (secondary N) is 2. The van der Waals surface area contributed by atoms with Crippen molar-refractivity contribution in [3.63, 3.8) is 0 Å². The number of aliphatic imine (C=N–C) groups is 1. The van der Waals surface area contributed by atoms with E-state index in [9.17, 15) is 0 Å². The Kier molecular flexibility index (Phi) is 9.41. The Balaban J connectivity index is 0.00000261. The number of nitrogens with zero attached hydrogens (tertiary/aromatic N) is 2. The van der Waals surface area contributed by atoms with Gasteiger partial charge in [0.2, 0.25) is 0 Å². The number of furan rings is 1. The summed E-state index contributed by atoms with van der Waals surface area (Å²) in [6.45, 7) is 6.69. The number of likely N-dealkylation sites (tertiary alicyclic amines) is 1. The van der Waals surface area contributed by atoms with Crippen molar-refractivity contribution >= 4 is 40.9 Å². The van der Waals surface area contributed by atoms with Crippen LogP contribution in [0.3, 0.4) is 0 Å². The maximum atomic E-state index is 5.87. The molecule has 3 rings (SSSR count). The standard InChI is InChI=1S/C21H32N4O.HI/c1-3-4-13-25-14-10-18(11-15-25)24-21(22-2)23-12-9-19-16-17-7-5-6-8-20(17)26-19;/h5-8,16,18H,3-4,9-15H2,1-2H3,(H2,22,23,24);1H. The molecule has 2 aromatic rings. The average Bonchev–Trinajstić information content (AvgIpc) is 3.09. The molecule has 0 radical (unpaired) electrons. The highest BCUT2D eigenvalue weighted by atomic mass is 127. The number of guanidine groups is 1. The van der Waals surface area contributed by atoms with E-state index >= 15 is 0 Å². The average molecular weight is 484 g/mol. The van der Waals surface area contributed by atoms with Crippen LogP contribution in [0.1, 0.15) is 38.4 Å². The number of rotatable bonds is 7. The van der Waals surface area contributed by atoms with Crippen LogP contribution in [0.4, 0.5) is 0 Å². The van der Waals surface area contributed by atoms with E-state index in [1.54, 1.807) is 0 Å². The zero-order valence-corrected chi connectivity index (χ0v) is 18.9. The van der Waals surface area contributed by atoms with Gasteiger partial charge in [-0.25, -0.2) is 0 Å². The Labute approximate surface area is 180 Å². The minimum absolute atomic E-state index is 0. The van der Waals surface area contributed by atoms with E-state index in [-0.39, 0.29) is 24.0 Å². The van der Waals surface area contributed by atoms with Crippen LogP contribution in [-0.2, 0) is 6.42 Å². The molecule has 0 bridgehead atoms. The predicted octanol–water partition coefficient (Wildman–Crippen LogP) is 4.02. The van der Waals surface area contributed by atoms with E-state index in [4.69, 9.17) is 4.42 Å². The first kappa shape index (κ1) is 22.0. The van der Waals surface area contributed by atoms with Gasteiger partial charge in [-0.15, -0.1) is 24.0 Å². The predicted molar refractivity (Wildman–Crippen MR) is 124 cm³/mol. The number of halogens is 1. The Bertz CT molecular complexity index is 674. The molecule has 0 unspecified atom stereocenters. The maximum absolute atomic E-state index is 5.87. The fraction of sp³-hybridized carbons (Fsp3) is 0.571. The van der Waals surface area contributed by atoms with Crippen molar-refractivity contribution in [2.45, 2.75) is 45.1 Å². The molecule has 2 N–H and O–H groups in total. The van der Waals surface area contributed by atoms with Gasteiger partial charge in [0.1, 0.15) is 11.3 Å². The van der Waals surface area contributed by atoms with Crippen LogP contribution in [0, 0.1) is 0 Å². The van der Waals surface area contributed by atoms with Gasteiger partial charge in [0.05, 0.1) is 0 Å². The van der Waals surface area contributed by atoms with Gasteiger partial charge in [0.25, 0.3) is 0 Å². The van der Waals surface area contributed by atoms with E-state index in [2.05, 4.69) is 39.6 Å². The van der Waals surface area contributed by atoms with Gasteiger partial charge in [-0.1, -0.05) is 31.5 Å². The smallest absolute Gasteiger partial charge is 0.191 e. The number of hydrogen-bond donors (Lipinski definition) is 2. The van der Waals surface area contributed by atoms with Crippen molar-refractivity contribution in [3.05, 3.63) is 36.1 Å². The summed E-state index contributed by atoms with van der Waals surface area (Å²) in [5, 5.41) is 8.16. The lowest BCUT2D eigenvalue weighted by atomic mass is 10.0. The van der Waals surface area contributed by atoms with E-state index in [1.165, 1.54) is 50.7 Å². The normalized spacial score (nSPS) is 16.3. The molecule has 1 aliphatic rings. The van der Waals surface area contributed by atoms with E-state index in [1.807, 2.05) is 25.2 Å². The molecule has 1 aromatic heterocycles. The molecule has 2 heterocycles. The summed E-state index contributed by atoms with van der Waals surface area (Å²) >= 11 is 0. The monoisotopic (exact) mass is 484 g/mol. The van der Waals surface area contributed by atoms with Crippen molar-refractivity contribution in [1.82, 2.24) is 15.5 Å². The molecule has 1 saturated heterocycles. The molecule has 6 heteroatoms. The minimum Gasteiger partial charge on any atom is -0.461 e. The van der Waals surface area contributed by atoms with Crippen molar-refractivity contribution in [1.29, 1.82) is 0 Å². The van der Waals surface area contributed by atoms with Gasteiger partial charge in [-0.05, 0) is 37.9 Å². The molecule has 0 amide bonds. The highest BCUT2D eigenvalue weighted by molar-refractivity contribution is 14.0. The molecular weight excluding hydrogens is 451 g/mol. The second kappa shape index (κ2) is 11.5. The highest BCUT2D eigenvalue weighted by Crippen LogP contribution is 2.18. The summed E-state index contributed by atoms with van der Waals surface area (Å²) in [6.07, 6.45) is 5.82. The third-order valence-electron chi connectivity index (χ3n) is 5.12. The third-order valence-corrected chi connectivity index (χ3v) is 5.12. The molecule has 27 heavy (non-hydrogen) atoms. The van der Waals surface area contributed by atoms with E-state index in [0.29, 0.717) is 6.04 Å². The van der Waals surface area contributed by atoms with Crippen LogP contribution in [-0.4, -0.2) is 50.1 Å². The van der Waals surface area contributed by atoms with Gasteiger partial charge in [0, 0.05) is 44.5 Å². The molecule has 0 spiro atoms. The first-order valence-electron chi connectivity index (χ1n) is 9.95. The quantitative estimate of drug-likeness (QED) is 0.354. The Hall–Kier alpha value is -1.28. The summed E-state index contributed by atoms with van der Waals surface area (Å²) in [4.78, 5) is 6.96. The highest BCUT2D eigenvalue weighted by Gasteiger charge is 2.19. The Morgan fingerprint density at radius 1 is 1.26 bits per heavy atom. The van der Waals surface area contributed by atoms with E-state index in [0.717, 1.165) is 30.3 Å². The lowest BCUT2D eigenvalue weighted by Gasteiger charge is -2.33. The summed E-state index contributed by atoms with van der Waals surface area (Å²) in [7, 11) is 1.84. The van der Waals surface area contributed by atoms with Crippen LogP contribution < -0.4 is 10.6 Å². The van der Waals surface area contributed by atoms with Crippen molar-refractivity contribution in [2.24, 2.45) is 4.99 Å². The molecular formula is C21H33IN4O. The summed E-state index contributed by atoms with van der Waals surface area (Å²) < 4.78 is 5.87. The fourth-order valence-electron chi connectivity index (χ4n) is 3.53. The first-order chi connectivity index (χ1) is 12.8. The first-order valence-corrected chi connectivity index (χ1v) is 9.95. The maximum Gasteiger partial charge on any atom is 0.191 e. The minimum atomic E-state index is 0. The molecule has 1 aromatic carbocycles. The zero-order chi connectivity index (χ0) is 18.2. The zero-order valence-electron chi connectivity index (χ0n) is 16.5. The lowest BCUT2D eigenvalue weighted by molar-refractivity contribution is 0.203. The number of para-hydroxylation sites is 1. The molecule has 0 atom stereocenters. The third kappa shape index (κ3) is 6.68. The van der Waals surface area contributed by atoms with Crippen LogP contribution in [0.25, 0.3) is 11.0 Å². The van der Waals surface area contributed by atoms with Crippen molar-refractivity contribution in [3.8, 4) is 0 Å². The van der Waals surface area contributed by atoms with Gasteiger partial charge in [-0.2, -0.15) is 0 Å². The topological polar surface area (TPSA) is 52.8 Å². The van der Waals surface area contributed by atoms with Crippen LogP contribution in [0.5, 0.6) is 0 Å². The Morgan fingerprint density at radius 3 is 2.74 bits per heavy atom. The van der Waals surface area contributed by atoms with Crippen LogP contribution >= 0.6 is 24.0 Å². The number of fused-ring (bicyclic) bond motifs is 1.